The van der Waals surface area contributed by atoms with Gasteiger partial charge in [0.2, 0.25) is 0 Å². The van der Waals surface area contributed by atoms with Crippen LogP contribution >= 0.6 is 24.0 Å². The zero-order chi connectivity index (χ0) is 17.8. The number of halogens is 1. The van der Waals surface area contributed by atoms with Crippen LogP contribution in [0.5, 0.6) is 5.75 Å². The van der Waals surface area contributed by atoms with Crippen LogP contribution < -0.4 is 9.64 Å². The highest BCUT2D eigenvalue weighted by atomic mass is 32.2. The highest BCUT2D eigenvalue weighted by molar-refractivity contribution is 8.27. The van der Waals surface area contributed by atoms with Gasteiger partial charge in [-0.15, -0.1) is 0 Å². The number of thiocarbonyl (C=S) groups is 1. The first-order valence-corrected chi connectivity index (χ1v) is 8.68. The van der Waals surface area contributed by atoms with Gasteiger partial charge in [-0.3, -0.25) is 9.69 Å². The molecule has 3 rings (SSSR count). The molecular formula is C19H14FNO2S2. The summed E-state index contributed by atoms with van der Waals surface area (Å²) in [6.07, 6.45) is 3.45. The monoisotopic (exact) mass is 371 g/mol. The molecule has 0 N–H and O–H groups in total. The summed E-state index contributed by atoms with van der Waals surface area (Å²) < 4.78 is 18.9. The molecule has 0 saturated carbocycles. The quantitative estimate of drug-likeness (QED) is 0.429. The molecule has 3 nitrogen and oxygen atoms in total. The molecule has 0 bridgehead atoms. The Kier molecular flexibility index (Phi) is 5.31. The number of nitrogens with zero attached hydrogens (tertiary/aromatic N) is 1. The van der Waals surface area contributed by atoms with Crippen LogP contribution in [-0.4, -0.2) is 16.8 Å². The summed E-state index contributed by atoms with van der Waals surface area (Å²) >= 11 is 6.52. The molecule has 0 aromatic heterocycles. The van der Waals surface area contributed by atoms with Gasteiger partial charge < -0.3 is 4.74 Å². The van der Waals surface area contributed by atoms with Crippen LogP contribution in [0.3, 0.4) is 0 Å². The van der Waals surface area contributed by atoms with Gasteiger partial charge in [0.15, 0.2) is 4.32 Å². The largest absolute Gasteiger partial charge is 0.490 e. The van der Waals surface area contributed by atoms with E-state index < -0.39 is 0 Å². The van der Waals surface area contributed by atoms with Crippen LogP contribution in [0.15, 0.2) is 66.1 Å². The van der Waals surface area contributed by atoms with E-state index in [2.05, 4.69) is 6.58 Å². The fraction of sp³-hybridized carbons (Fsp3) is 0.0526. The van der Waals surface area contributed by atoms with Crippen molar-refractivity contribution in [1.82, 2.24) is 0 Å². The second-order valence-corrected chi connectivity index (χ2v) is 6.84. The van der Waals surface area contributed by atoms with Gasteiger partial charge in [-0.1, -0.05) is 48.8 Å². The Balaban J connectivity index is 1.80. The molecule has 0 aliphatic carbocycles. The van der Waals surface area contributed by atoms with Crippen LogP contribution in [0.2, 0.25) is 0 Å². The van der Waals surface area contributed by atoms with E-state index in [4.69, 9.17) is 17.0 Å². The molecule has 1 fully saturated rings. The Morgan fingerprint density at radius 3 is 2.48 bits per heavy atom. The van der Waals surface area contributed by atoms with Gasteiger partial charge >= 0.3 is 0 Å². The number of rotatable bonds is 5. The van der Waals surface area contributed by atoms with Gasteiger partial charge in [-0.2, -0.15) is 0 Å². The Hall–Kier alpha value is -2.44. The molecule has 0 atom stereocenters. The standard InChI is InChI=1S/C19H14FNO2S2/c1-2-11-23-16-9-3-13(4-10-16)12-17-18(22)21(19(24)25-17)15-7-5-14(20)6-8-15/h2-10,12H,1,11H2/b17-12-. The van der Waals surface area contributed by atoms with Crippen molar-refractivity contribution in [1.29, 1.82) is 0 Å². The first-order chi connectivity index (χ1) is 12.1. The molecule has 1 saturated heterocycles. The molecule has 0 unspecified atom stereocenters. The van der Waals surface area contributed by atoms with E-state index in [1.54, 1.807) is 12.2 Å². The van der Waals surface area contributed by atoms with Crippen molar-refractivity contribution in [2.24, 2.45) is 0 Å². The predicted molar refractivity (Wildman–Crippen MR) is 104 cm³/mol. The van der Waals surface area contributed by atoms with E-state index in [0.29, 0.717) is 21.5 Å². The lowest BCUT2D eigenvalue weighted by Gasteiger charge is -2.14. The van der Waals surface area contributed by atoms with Gasteiger partial charge in [0.25, 0.3) is 5.91 Å². The number of benzene rings is 2. The van der Waals surface area contributed by atoms with Crippen LogP contribution in [0.4, 0.5) is 10.1 Å². The molecule has 2 aromatic rings. The van der Waals surface area contributed by atoms with Crippen molar-refractivity contribution in [3.8, 4) is 5.75 Å². The Morgan fingerprint density at radius 2 is 1.84 bits per heavy atom. The van der Waals surface area contributed by atoms with Crippen LogP contribution in [0, 0.1) is 5.82 Å². The summed E-state index contributed by atoms with van der Waals surface area (Å²) in [5.41, 5.74) is 1.42. The summed E-state index contributed by atoms with van der Waals surface area (Å²) in [5, 5.41) is 0. The highest BCUT2D eigenvalue weighted by Crippen LogP contribution is 2.36. The summed E-state index contributed by atoms with van der Waals surface area (Å²) in [7, 11) is 0. The maximum Gasteiger partial charge on any atom is 0.270 e. The van der Waals surface area contributed by atoms with Crippen molar-refractivity contribution in [3.05, 3.63) is 77.5 Å². The zero-order valence-electron chi connectivity index (χ0n) is 13.1. The van der Waals surface area contributed by atoms with E-state index in [0.717, 1.165) is 11.3 Å². The molecule has 1 amide bonds. The Morgan fingerprint density at radius 1 is 1.16 bits per heavy atom. The van der Waals surface area contributed by atoms with Crippen molar-refractivity contribution < 1.29 is 13.9 Å². The number of thioether (sulfide) groups is 1. The van der Waals surface area contributed by atoms with E-state index in [1.807, 2.05) is 24.3 Å². The molecule has 6 heteroatoms. The van der Waals surface area contributed by atoms with E-state index in [1.165, 1.54) is 40.9 Å². The first-order valence-electron chi connectivity index (χ1n) is 7.46. The number of hydrogen-bond donors (Lipinski definition) is 0. The molecule has 1 heterocycles. The Labute approximate surface area is 154 Å². The molecule has 2 aromatic carbocycles. The second-order valence-electron chi connectivity index (χ2n) is 5.16. The van der Waals surface area contributed by atoms with Gasteiger partial charge in [-0.25, -0.2) is 4.39 Å². The SMILES string of the molecule is C=CCOc1ccc(/C=C2\SC(=S)N(c3ccc(F)cc3)C2=O)cc1. The van der Waals surface area contributed by atoms with Gasteiger partial charge in [0.1, 0.15) is 18.2 Å². The fourth-order valence-corrected chi connectivity index (χ4v) is 3.55. The molecule has 1 aliphatic rings. The summed E-state index contributed by atoms with van der Waals surface area (Å²) in [4.78, 5) is 14.6. The van der Waals surface area contributed by atoms with E-state index >= 15 is 0 Å². The van der Waals surface area contributed by atoms with Crippen molar-refractivity contribution in [2.75, 3.05) is 11.5 Å². The number of hydrogen-bond acceptors (Lipinski definition) is 4. The second kappa shape index (κ2) is 7.63. The lowest BCUT2D eigenvalue weighted by atomic mass is 10.2. The summed E-state index contributed by atoms with van der Waals surface area (Å²) in [6.45, 7) is 4.04. The maximum absolute atomic E-state index is 13.1. The molecule has 0 radical (unpaired) electrons. The van der Waals surface area contributed by atoms with Crippen LogP contribution in [-0.2, 0) is 4.79 Å². The molecule has 1 aliphatic heterocycles. The third kappa shape index (κ3) is 3.97. The smallest absolute Gasteiger partial charge is 0.270 e. The normalized spacial score (nSPS) is 15.7. The number of anilines is 1. The van der Waals surface area contributed by atoms with Gasteiger partial charge in [0, 0.05) is 0 Å². The average molecular weight is 371 g/mol. The minimum Gasteiger partial charge on any atom is -0.490 e. The molecule has 25 heavy (non-hydrogen) atoms. The van der Waals surface area contributed by atoms with E-state index in [-0.39, 0.29) is 11.7 Å². The lowest BCUT2D eigenvalue weighted by molar-refractivity contribution is -0.113. The highest BCUT2D eigenvalue weighted by Gasteiger charge is 2.33. The number of carbonyl (C=O) groups is 1. The number of amides is 1. The first kappa shape index (κ1) is 17.4. The minimum absolute atomic E-state index is 0.214. The molecule has 126 valence electrons. The molecular weight excluding hydrogens is 357 g/mol. The van der Waals surface area contributed by atoms with Crippen LogP contribution in [0.25, 0.3) is 6.08 Å². The maximum atomic E-state index is 13.1. The summed E-state index contributed by atoms with van der Waals surface area (Å²) in [6, 6.07) is 13.1. The van der Waals surface area contributed by atoms with Crippen molar-refractivity contribution >= 4 is 46.0 Å². The summed E-state index contributed by atoms with van der Waals surface area (Å²) in [5.74, 6) is 0.160. The fourth-order valence-electron chi connectivity index (χ4n) is 2.25. The topological polar surface area (TPSA) is 29.5 Å². The predicted octanol–water partition coefficient (Wildman–Crippen LogP) is 4.80. The number of ether oxygens (including phenoxy) is 1. The average Bonchev–Trinajstić information content (AvgIpc) is 2.89. The Bertz CT molecular complexity index is 845. The third-order valence-electron chi connectivity index (χ3n) is 3.42. The van der Waals surface area contributed by atoms with E-state index in [9.17, 15) is 9.18 Å². The van der Waals surface area contributed by atoms with Crippen molar-refractivity contribution in [2.45, 2.75) is 0 Å². The van der Waals surface area contributed by atoms with Crippen LogP contribution in [0.1, 0.15) is 5.56 Å². The molecule has 0 spiro atoms. The third-order valence-corrected chi connectivity index (χ3v) is 4.73. The minimum atomic E-state index is -0.358. The van der Waals surface area contributed by atoms with Gasteiger partial charge in [-0.05, 0) is 48.0 Å². The van der Waals surface area contributed by atoms with Crippen molar-refractivity contribution in [3.63, 3.8) is 0 Å². The van der Waals surface area contributed by atoms with Gasteiger partial charge in [0.05, 0.1) is 10.6 Å². The number of carbonyl (C=O) groups excluding carboxylic acids is 1. The lowest BCUT2D eigenvalue weighted by Crippen LogP contribution is -2.27. The zero-order valence-corrected chi connectivity index (χ0v) is 14.8.